The van der Waals surface area contributed by atoms with Gasteiger partial charge in [0.05, 0.1) is 11.4 Å². The summed E-state index contributed by atoms with van der Waals surface area (Å²) in [5.74, 6) is 0.830. The summed E-state index contributed by atoms with van der Waals surface area (Å²) in [5, 5.41) is 2.04. The van der Waals surface area contributed by atoms with E-state index in [1.807, 2.05) is 43.5 Å². The van der Waals surface area contributed by atoms with E-state index in [1.165, 1.54) is 0 Å². The van der Waals surface area contributed by atoms with Crippen molar-refractivity contribution < 1.29 is 4.42 Å². The highest BCUT2D eigenvalue weighted by Gasteiger charge is 2.39. The molecule has 2 aromatic carbocycles. The van der Waals surface area contributed by atoms with Crippen LogP contribution in [0.1, 0.15) is 11.3 Å². The Balaban J connectivity index is 1.62. The molecular formula is C26H20N4O. The van der Waals surface area contributed by atoms with E-state index in [2.05, 4.69) is 65.0 Å². The van der Waals surface area contributed by atoms with E-state index in [4.69, 9.17) is 9.40 Å². The highest BCUT2D eigenvalue weighted by molar-refractivity contribution is 6.10. The van der Waals surface area contributed by atoms with E-state index < -0.39 is 0 Å². The zero-order chi connectivity index (χ0) is 21.1. The van der Waals surface area contributed by atoms with Crippen LogP contribution in [0.2, 0.25) is 0 Å². The minimum Gasteiger partial charge on any atom is -0.435 e. The number of rotatable bonds is 2. The standard InChI is InChI=1S/C26H20N4O/c1-16-11-13-20-21-14-12-17(2)28-26(21)31-24(20)23(16)30-18(3)29(19-8-5-4-6-9-19)22-10-7-15-27-25(22)30/h4-15H,3H2,1-2H3. The van der Waals surface area contributed by atoms with E-state index in [0.29, 0.717) is 5.71 Å². The van der Waals surface area contributed by atoms with Crippen molar-refractivity contribution in [2.45, 2.75) is 13.8 Å². The van der Waals surface area contributed by atoms with Gasteiger partial charge in [0.1, 0.15) is 0 Å². The summed E-state index contributed by atoms with van der Waals surface area (Å²) < 4.78 is 6.32. The Morgan fingerprint density at radius 3 is 2.48 bits per heavy atom. The minimum absolute atomic E-state index is 0.646. The number of hydrogen-bond acceptors (Lipinski definition) is 5. The average molecular weight is 404 g/mol. The minimum atomic E-state index is 0.646. The van der Waals surface area contributed by atoms with Crippen molar-refractivity contribution in [1.82, 2.24) is 9.97 Å². The summed E-state index contributed by atoms with van der Waals surface area (Å²) in [7, 11) is 0. The maximum atomic E-state index is 6.32. The van der Waals surface area contributed by atoms with E-state index in [9.17, 15) is 0 Å². The largest absolute Gasteiger partial charge is 0.435 e. The van der Waals surface area contributed by atoms with Gasteiger partial charge in [-0.15, -0.1) is 0 Å². The second-order valence-corrected chi connectivity index (χ2v) is 7.78. The van der Waals surface area contributed by atoms with Crippen LogP contribution in [0, 0.1) is 26.9 Å². The molecule has 0 spiro atoms. The molecule has 31 heavy (non-hydrogen) atoms. The topological polar surface area (TPSA) is 45.4 Å². The van der Waals surface area contributed by atoms with Gasteiger partial charge in [0.15, 0.2) is 17.6 Å². The first kappa shape index (κ1) is 18.0. The number of aryl methyl sites for hydroxylation is 2. The number of pyridine rings is 2. The molecule has 5 heteroatoms. The van der Waals surface area contributed by atoms with Crippen LogP contribution in [0.25, 0.3) is 22.1 Å². The normalized spacial score (nSPS) is 14.0. The third-order valence-electron chi connectivity index (χ3n) is 5.79. The molecule has 0 bridgehead atoms. The third-order valence-corrected chi connectivity index (χ3v) is 5.79. The number of aromatic nitrogens is 2. The number of hydrogen-bond donors (Lipinski definition) is 0. The predicted molar refractivity (Wildman–Crippen MR) is 125 cm³/mol. The maximum Gasteiger partial charge on any atom is 0.227 e. The van der Waals surface area contributed by atoms with Crippen LogP contribution in [0.3, 0.4) is 0 Å². The van der Waals surface area contributed by atoms with E-state index in [-0.39, 0.29) is 0 Å². The van der Waals surface area contributed by atoms with E-state index >= 15 is 0 Å². The molecule has 5 aromatic rings. The molecule has 0 aliphatic carbocycles. The number of benzene rings is 2. The average Bonchev–Trinajstić information content (AvgIpc) is 3.28. The van der Waals surface area contributed by atoms with Gasteiger partial charge in [-0.05, 0) is 62.7 Å². The number of anilines is 4. The summed E-state index contributed by atoms with van der Waals surface area (Å²) in [6.45, 7) is 8.51. The van der Waals surface area contributed by atoms with Crippen molar-refractivity contribution >= 4 is 44.9 Å². The molecular weight excluding hydrogens is 384 g/mol. The lowest BCUT2D eigenvalue weighted by Crippen LogP contribution is -2.28. The van der Waals surface area contributed by atoms with Gasteiger partial charge in [0.2, 0.25) is 5.71 Å². The molecule has 150 valence electrons. The summed E-state index contributed by atoms with van der Waals surface area (Å²) in [5.41, 5.74) is 6.41. The second kappa shape index (κ2) is 6.57. The molecule has 0 atom stereocenters. The smallest absolute Gasteiger partial charge is 0.227 e. The van der Waals surface area contributed by atoms with Crippen molar-refractivity contribution in [2.24, 2.45) is 0 Å². The van der Waals surface area contributed by atoms with Crippen LogP contribution in [0.5, 0.6) is 0 Å². The highest BCUT2D eigenvalue weighted by Crippen LogP contribution is 2.52. The fourth-order valence-electron chi connectivity index (χ4n) is 4.37. The van der Waals surface area contributed by atoms with Gasteiger partial charge in [0.25, 0.3) is 0 Å². The van der Waals surface area contributed by atoms with Crippen molar-refractivity contribution in [3.05, 3.63) is 97.3 Å². The molecule has 1 aliphatic rings. The Bertz CT molecular complexity index is 1440. The predicted octanol–water partition coefficient (Wildman–Crippen LogP) is 6.61. The number of para-hydroxylation sites is 1. The van der Waals surface area contributed by atoms with Gasteiger partial charge in [-0.1, -0.05) is 30.3 Å². The number of furan rings is 1. The van der Waals surface area contributed by atoms with Crippen molar-refractivity contribution in [1.29, 1.82) is 0 Å². The van der Waals surface area contributed by atoms with Crippen LogP contribution >= 0.6 is 0 Å². The Morgan fingerprint density at radius 2 is 1.65 bits per heavy atom. The fourth-order valence-corrected chi connectivity index (χ4v) is 4.37. The molecule has 0 saturated heterocycles. The number of nitrogens with zero attached hydrogens (tertiary/aromatic N) is 4. The maximum absolute atomic E-state index is 6.32. The third kappa shape index (κ3) is 2.56. The molecule has 0 unspecified atom stereocenters. The van der Waals surface area contributed by atoms with Crippen LogP contribution in [0.15, 0.2) is 77.3 Å². The van der Waals surface area contributed by atoms with Crippen LogP contribution in [-0.2, 0) is 0 Å². The van der Waals surface area contributed by atoms with Gasteiger partial charge < -0.3 is 9.32 Å². The number of fused-ring (bicyclic) bond motifs is 4. The van der Waals surface area contributed by atoms with Gasteiger partial charge in [-0.3, -0.25) is 4.90 Å². The molecule has 2 radical (unpaired) electrons. The van der Waals surface area contributed by atoms with Crippen LogP contribution in [0.4, 0.5) is 22.9 Å². The molecule has 0 fully saturated rings. The van der Waals surface area contributed by atoms with Gasteiger partial charge in [0, 0.05) is 28.4 Å². The molecule has 1 aliphatic heterocycles. The molecule has 0 N–H and O–H groups in total. The molecule has 0 saturated carbocycles. The Hall–Kier alpha value is -3.86. The first-order valence-corrected chi connectivity index (χ1v) is 10.2. The van der Waals surface area contributed by atoms with E-state index in [1.54, 1.807) is 0 Å². The Labute approximate surface area is 180 Å². The van der Waals surface area contributed by atoms with Gasteiger partial charge >= 0.3 is 0 Å². The summed E-state index contributed by atoms with van der Waals surface area (Å²) in [6, 6.07) is 22.5. The van der Waals surface area contributed by atoms with Crippen molar-refractivity contribution in [3.63, 3.8) is 0 Å². The zero-order valence-corrected chi connectivity index (χ0v) is 17.3. The van der Waals surface area contributed by atoms with Gasteiger partial charge in [-0.25, -0.2) is 9.97 Å². The first-order chi connectivity index (χ1) is 15.1. The van der Waals surface area contributed by atoms with Gasteiger partial charge in [-0.2, -0.15) is 0 Å². The Kier molecular flexibility index (Phi) is 3.81. The monoisotopic (exact) mass is 404 g/mol. The summed E-state index contributed by atoms with van der Waals surface area (Å²) >= 11 is 0. The van der Waals surface area contributed by atoms with Crippen LogP contribution in [-0.4, -0.2) is 9.97 Å². The summed E-state index contributed by atoms with van der Waals surface area (Å²) in [4.78, 5) is 13.6. The highest BCUT2D eigenvalue weighted by atomic mass is 16.3. The molecule has 6 rings (SSSR count). The quantitative estimate of drug-likeness (QED) is 0.331. The van der Waals surface area contributed by atoms with E-state index in [0.717, 1.165) is 56.7 Å². The molecule has 4 heterocycles. The van der Waals surface area contributed by atoms with Crippen molar-refractivity contribution in [2.75, 3.05) is 9.80 Å². The summed E-state index contributed by atoms with van der Waals surface area (Å²) in [6.07, 6.45) is 2.62. The SMILES string of the molecule is [CH2][C]1N(c2ccccc2)c2cccnc2N1c1c(C)ccc2c1oc1nc(C)ccc12. The first-order valence-electron chi connectivity index (χ1n) is 10.2. The molecule has 5 nitrogen and oxygen atoms in total. The lowest BCUT2D eigenvalue weighted by molar-refractivity contribution is 0.651. The van der Waals surface area contributed by atoms with Crippen molar-refractivity contribution in [3.8, 4) is 0 Å². The lowest BCUT2D eigenvalue weighted by atomic mass is 10.1. The fraction of sp³-hybridized carbons (Fsp3) is 0.0769. The molecule has 3 aromatic heterocycles. The molecule has 0 amide bonds. The zero-order valence-electron chi connectivity index (χ0n) is 17.3. The Morgan fingerprint density at radius 1 is 0.839 bits per heavy atom. The van der Waals surface area contributed by atoms with Crippen LogP contribution < -0.4 is 9.80 Å². The second-order valence-electron chi connectivity index (χ2n) is 7.78. The lowest BCUT2D eigenvalue weighted by Gasteiger charge is -2.29.